The zero-order valence-electron chi connectivity index (χ0n) is 20.8. The predicted octanol–water partition coefficient (Wildman–Crippen LogP) is 3.41. The Labute approximate surface area is 216 Å². The molecule has 4 aromatic rings. The van der Waals surface area contributed by atoms with Gasteiger partial charge >= 0.3 is 0 Å². The number of nitrogens with zero attached hydrogens (tertiary/aromatic N) is 6. The number of carbonyl (C=O) groups is 1. The molecule has 2 aliphatic rings. The normalized spacial score (nSPS) is 16.3. The van der Waals surface area contributed by atoms with E-state index >= 15 is 0 Å². The number of hydrogen-bond donors (Lipinski definition) is 0. The summed E-state index contributed by atoms with van der Waals surface area (Å²) < 4.78 is 5.35. The molecule has 188 valence electrons. The van der Waals surface area contributed by atoms with Crippen molar-refractivity contribution in [3.63, 3.8) is 0 Å². The highest BCUT2D eigenvalue weighted by molar-refractivity contribution is 5.94. The Morgan fingerprint density at radius 1 is 0.757 bits per heavy atom. The molecule has 2 fully saturated rings. The highest BCUT2D eigenvalue weighted by atomic mass is 16.5. The first-order chi connectivity index (χ1) is 18.3. The van der Waals surface area contributed by atoms with Gasteiger partial charge in [-0.3, -0.25) is 4.79 Å². The summed E-state index contributed by atoms with van der Waals surface area (Å²) in [5, 5.41) is 11.6. The van der Waals surface area contributed by atoms with Gasteiger partial charge in [0.05, 0.1) is 24.5 Å². The van der Waals surface area contributed by atoms with E-state index in [4.69, 9.17) is 9.84 Å². The summed E-state index contributed by atoms with van der Waals surface area (Å²) >= 11 is 0. The molecular weight excluding hydrogens is 464 g/mol. The van der Waals surface area contributed by atoms with Gasteiger partial charge in [0, 0.05) is 62.7 Å². The molecule has 2 aromatic heterocycles. The summed E-state index contributed by atoms with van der Waals surface area (Å²) in [5.74, 6) is 1.85. The molecule has 0 aliphatic carbocycles. The first kappa shape index (κ1) is 23.4. The summed E-state index contributed by atoms with van der Waals surface area (Å²) in [6.45, 7) is 5.76. The Kier molecular flexibility index (Phi) is 6.64. The van der Waals surface area contributed by atoms with Gasteiger partial charge < -0.3 is 19.4 Å². The fourth-order valence-corrected chi connectivity index (χ4v) is 5.09. The van der Waals surface area contributed by atoms with Crippen LogP contribution >= 0.6 is 0 Å². The standard InChI is InChI=1S/C29H30N6O2/c36-29(35-16-18-37-19-17-35)23-10-11-27(30-21-23)33-12-14-34(15-13-33)28-25-9-5-4-8-24(25)26(31-32-28)20-22-6-2-1-3-7-22/h1-11,21H,12-20H2. The molecule has 0 N–H and O–H groups in total. The number of ether oxygens (including phenoxy) is 1. The summed E-state index contributed by atoms with van der Waals surface area (Å²) in [6.07, 6.45) is 2.46. The molecular formula is C29H30N6O2. The Hall–Kier alpha value is -4.04. The van der Waals surface area contributed by atoms with Crippen molar-refractivity contribution in [2.75, 3.05) is 62.3 Å². The number of benzene rings is 2. The third-order valence-electron chi connectivity index (χ3n) is 7.16. The summed E-state index contributed by atoms with van der Waals surface area (Å²) in [6, 6.07) is 22.7. The topological polar surface area (TPSA) is 74.7 Å². The van der Waals surface area contributed by atoms with Gasteiger partial charge in [-0.2, -0.15) is 5.10 Å². The van der Waals surface area contributed by atoms with Crippen LogP contribution in [-0.4, -0.2) is 78.5 Å². The zero-order chi connectivity index (χ0) is 25.0. The second-order valence-corrected chi connectivity index (χ2v) is 9.46. The molecule has 2 aromatic carbocycles. The van der Waals surface area contributed by atoms with E-state index in [2.05, 4.69) is 68.4 Å². The Balaban J connectivity index is 1.14. The zero-order valence-corrected chi connectivity index (χ0v) is 20.8. The Bertz CT molecular complexity index is 1360. The van der Waals surface area contributed by atoms with E-state index in [1.807, 2.05) is 23.1 Å². The van der Waals surface area contributed by atoms with Crippen LogP contribution in [0.15, 0.2) is 72.9 Å². The van der Waals surface area contributed by atoms with E-state index in [0.29, 0.717) is 31.9 Å². The quantitative estimate of drug-likeness (QED) is 0.421. The SMILES string of the molecule is O=C(c1ccc(N2CCN(c3nnc(Cc4ccccc4)c4ccccc34)CC2)nc1)N1CCOCC1. The lowest BCUT2D eigenvalue weighted by Gasteiger charge is -2.36. The lowest BCUT2D eigenvalue weighted by atomic mass is 10.0. The molecule has 8 nitrogen and oxygen atoms in total. The molecule has 2 saturated heterocycles. The second-order valence-electron chi connectivity index (χ2n) is 9.46. The van der Waals surface area contributed by atoms with Crippen LogP contribution in [0.3, 0.4) is 0 Å². The molecule has 8 heteroatoms. The van der Waals surface area contributed by atoms with Gasteiger partial charge in [0.15, 0.2) is 5.82 Å². The summed E-state index contributed by atoms with van der Waals surface area (Å²) in [5.41, 5.74) is 2.86. The number of pyridine rings is 1. The number of carbonyl (C=O) groups excluding carboxylic acids is 1. The molecule has 2 aliphatic heterocycles. The monoisotopic (exact) mass is 494 g/mol. The number of anilines is 2. The van der Waals surface area contributed by atoms with Crippen LogP contribution in [0.25, 0.3) is 10.8 Å². The predicted molar refractivity (Wildman–Crippen MR) is 144 cm³/mol. The van der Waals surface area contributed by atoms with Gasteiger partial charge in [-0.15, -0.1) is 5.10 Å². The first-order valence-corrected chi connectivity index (χ1v) is 12.9. The lowest BCUT2D eigenvalue weighted by molar-refractivity contribution is 0.0302. The molecule has 37 heavy (non-hydrogen) atoms. The van der Waals surface area contributed by atoms with E-state index in [0.717, 1.165) is 60.7 Å². The van der Waals surface area contributed by atoms with E-state index in [1.54, 1.807) is 6.20 Å². The van der Waals surface area contributed by atoms with E-state index in [1.165, 1.54) is 5.56 Å². The van der Waals surface area contributed by atoms with Crippen LogP contribution in [0.2, 0.25) is 0 Å². The molecule has 0 unspecified atom stereocenters. The fraction of sp³-hybridized carbons (Fsp3) is 0.310. The molecule has 0 atom stereocenters. The highest BCUT2D eigenvalue weighted by Crippen LogP contribution is 2.28. The number of morpholine rings is 1. The van der Waals surface area contributed by atoms with Crippen molar-refractivity contribution in [2.45, 2.75) is 6.42 Å². The second kappa shape index (κ2) is 10.5. The van der Waals surface area contributed by atoms with Gasteiger partial charge in [-0.05, 0) is 17.7 Å². The summed E-state index contributed by atoms with van der Waals surface area (Å²) in [4.78, 5) is 23.7. The third kappa shape index (κ3) is 4.97. The number of aromatic nitrogens is 3. The van der Waals surface area contributed by atoms with Gasteiger partial charge in [-0.25, -0.2) is 4.98 Å². The van der Waals surface area contributed by atoms with Gasteiger partial charge in [0.1, 0.15) is 5.82 Å². The average molecular weight is 495 g/mol. The van der Waals surface area contributed by atoms with E-state index in [-0.39, 0.29) is 5.91 Å². The maximum absolute atomic E-state index is 12.7. The number of rotatable bonds is 5. The van der Waals surface area contributed by atoms with Gasteiger partial charge in [-0.1, -0.05) is 54.6 Å². The van der Waals surface area contributed by atoms with Crippen molar-refractivity contribution < 1.29 is 9.53 Å². The maximum atomic E-state index is 12.7. The Morgan fingerprint density at radius 2 is 1.46 bits per heavy atom. The van der Waals surface area contributed by atoms with Crippen LogP contribution in [0.4, 0.5) is 11.6 Å². The van der Waals surface area contributed by atoms with Crippen molar-refractivity contribution in [1.82, 2.24) is 20.1 Å². The molecule has 0 radical (unpaired) electrons. The molecule has 6 rings (SSSR count). The number of fused-ring (bicyclic) bond motifs is 1. The minimum Gasteiger partial charge on any atom is -0.378 e. The van der Waals surface area contributed by atoms with Crippen LogP contribution in [-0.2, 0) is 11.2 Å². The fourth-order valence-electron chi connectivity index (χ4n) is 5.09. The molecule has 1 amide bonds. The molecule has 0 bridgehead atoms. The summed E-state index contributed by atoms with van der Waals surface area (Å²) in [7, 11) is 0. The van der Waals surface area contributed by atoms with Gasteiger partial charge in [0.2, 0.25) is 0 Å². The minimum atomic E-state index is 0.0216. The van der Waals surface area contributed by atoms with Crippen LogP contribution in [0.1, 0.15) is 21.6 Å². The van der Waals surface area contributed by atoms with E-state index in [9.17, 15) is 4.79 Å². The smallest absolute Gasteiger partial charge is 0.255 e. The highest BCUT2D eigenvalue weighted by Gasteiger charge is 2.23. The van der Waals surface area contributed by atoms with Crippen LogP contribution in [0, 0.1) is 0 Å². The first-order valence-electron chi connectivity index (χ1n) is 12.9. The maximum Gasteiger partial charge on any atom is 0.255 e. The van der Waals surface area contributed by atoms with Gasteiger partial charge in [0.25, 0.3) is 5.91 Å². The van der Waals surface area contributed by atoms with Crippen LogP contribution in [0.5, 0.6) is 0 Å². The van der Waals surface area contributed by atoms with Crippen molar-refractivity contribution in [1.29, 1.82) is 0 Å². The van der Waals surface area contributed by atoms with Crippen molar-refractivity contribution in [3.05, 3.63) is 89.7 Å². The number of hydrogen-bond acceptors (Lipinski definition) is 7. The lowest BCUT2D eigenvalue weighted by Crippen LogP contribution is -2.47. The minimum absolute atomic E-state index is 0.0216. The molecule has 0 saturated carbocycles. The Morgan fingerprint density at radius 3 is 2.19 bits per heavy atom. The van der Waals surface area contributed by atoms with E-state index < -0.39 is 0 Å². The van der Waals surface area contributed by atoms with Crippen LogP contribution < -0.4 is 9.80 Å². The number of piperazine rings is 1. The van der Waals surface area contributed by atoms with Crippen molar-refractivity contribution in [3.8, 4) is 0 Å². The average Bonchev–Trinajstić information content (AvgIpc) is 2.98. The largest absolute Gasteiger partial charge is 0.378 e. The molecule has 0 spiro atoms. The number of amides is 1. The van der Waals surface area contributed by atoms with Crippen molar-refractivity contribution in [2.24, 2.45) is 0 Å². The van der Waals surface area contributed by atoms with Crippen molar-refractivity contribution >= 4 is 28.3 Å². The third-order valence-corrected chi connectivity index (χ3v) is 7.16. The molecule has 4 heterocycles.